The fourth-order valence-corrected chi connectivity index (χ4v) is 15.7. The highest BCUT2D eigenvalue weighted by Gasteiger charge is 2.67. The number of fused-ring (bicyclic) bond motifs is 5. The number of aliphatic hydroxyl groups excluding tert-OH is 3. The van der Waals surface area contributed by atoms with Gasteiger partial charge in [-0.3, -0.25) is 29.0 Å². The first-order chi connectivity index (χ1) is 39.1. The smallest absolute Gasteiger partial charge is 0.264 e. The van der Waals surface area contributed by atoms with E-state index in [4.69, 9.17) is 14.2 Å². The minimum absolute atomic E-state index is 0.0381. The van der Waals surface area contributed by atoms with Crippen LogP contribution < -0.4 is 34.8 Å². The maximum absolute atomic E-state index is 17.4. The second kappa shape index (κ2) is 24.5. The van der Waals surface area contributed by atoms with Crippen molar-refractivity contribution in [3.05, 3.63) is 137 Å². The van der Waals surface area contributed by atoms with E-state index >= 15 is 8.90 Å². The molecule has 5 aliphatic heterocycles. The van der Waals surface area contributed by atoms with Crippen molar-refractivity contribution in [2.24, 2.45) is 5.92 Å². The van der Waals surface area contributed by atoms with Gasteiger partial charge in [0.1, 0.15) is 11.5 Å². The van der Waals surface area contributed by atoms with E-state index in [0.717, 1.165) is 33.5 Å². The Hall–Kier alpha value is -6.51. The maximum atomic E-state index is 17.4. The summed E-state index contributed by atoms with van der Waals surface area (Å²) in [5, 5.41) is 36.4. The molecule has 18 heteroatoms. The normalized spacial score (nSPS) is 23.2. The summed E-state index contributed by atoms with van der Waals surface area (Å²) in [6.07, 6.45) is 2.67. The van der Waals surface area contributed by atoms with Crippen LogP contribution in [0, 0.1) is 5.92 Å². The Labute approximate surface area is 475 Å². The number of amides is 4. The summed E-state index contributed by atoms with van der Waals surface area (Å²) in [5.74, 6) is -0.446. The third kappa shape index (κ3) is 11.3. The number of unbranched alkanes of at least 4 members (excludes halogenated alkanes) is 2. The molecule has 5 aromatic carbocycles. The van der Waals surface area contributed by atoms with Gasteiger partial charge in [0, 0.05) is 48.2 Å². The number of anilines is 5. The Morgan fingerprint density at radius 1 is 0.704 bits per heavy atom. The molecule has 5 aliphatic rings. The third-order valence-corrected chi connectivity index (χ3v) is 19.5. The van der Waals surface area contributed by atoms with E-state index in [1.54, 1.807) is 32.7 Å². The standard InChI is InChI=1S/C63H77FN6O10Si/c1-6-78-49-21-24-54-44(31-49)33-52(65-26-10-12-28-71)60(75)69(54)46-18-16-41(17-19-46)37-68-56-23-20-47(70-55-25-22-50(79-7-2)32-45(55)34-53(61(70)76)66-27-11-13-29-72)35-51(56)63(62(68)77)40(3)59(81(4,5)64)57(80-63)36-58(74)67-38-43-15-9-8-14-42(43)30-48(67)39-73/h8-9,14-25,31-32,35,40,48,52-53,57,59,65-66,71-73H,6-7,10-13,26-30,33-34,36-39H2,1-5H3/t40-,48+,52?,53?,57+,59-,63+/m1/s1. The highest BCUT2D eigenvalue weighted by atomic mass is 28.4. The quantitative estimate of drug-likeness (QED) is 0.0255. The predicted molar refractivity (Wildman–Crippen MR) is 311 cm³/mol. The summed E-state index contributed by atoms with van der Waals surface area (Å²) in [6, 6.07) is 30.6. The number of hydrogen-bond donors (Lipinski definition) is 5. The lowest BCUT2D eigenvalue weighted by molar-refractivity contribution is -0.151. The number of carbonyl (C=O) groups is 4. The van der Waals surface area contributed by atoms with Crippen molar-refractivity contribution in [1.29, 1.82) is 0 Å². The second-order valence-corrected chi connectivity index (χ2v) is 26.4. The minimum Gasteiger partial charge on any atom is -0.494 e. The summed E-state index contributed by atoms with van der Waals surface area (Å²) in [5.41, 5.74) is 5.47. The summed E-state index contributed by atoms with van der Waals surface area (Å²) in [7, 11) is -3.78. The molecule has 7 atom stereocenters. The number of aliphatic hydroxyl groups is 3. The molecule has 16 nitrogen and oxygen atoms in total. The molecule has 1 fully saturated rings. The average molecular weight is 1130 g/mol. The zero-order valence-corrected chi connectivity index (χ0v) is 48.2. The number of benzene rings is 5. The topological polar surface area (TPSA) is 194 Å². The van der Waals surface area contributed by atoms with E-state index < -0.39 is 55.6 Å². The zero-order chi connectivity index (χ0) is 57.2. The lowest BCUT2D eigenvalue weighted by Crippen LogP contribution is -2.49. The van der Waals surface area contributed by atoms with Crippen LogP contribution in [0.25, 0.3) is 0 Å². The van der Waals surface area contributed by atoms with Crippen LogP contribution in [-0.4, -0.2) is 123 Å². The van der Waals surface area contributed by atoms with Gasteiger partial charge in [0.2, 0.25) is 26.1 Å². The molecule has 5 aromatic rings. The van der Waals surface area contributed by atoms with Gasteiger partial charge in [-0.15, -0.1) is 0 Å². The maximum Gasteiger partial charge on any atom is 0.264 e. The molecular formula is C63H77FN6O10Si. The SMILES string of the molecule is CCOc1ccc2c(c1)CC(NCCCCO)C(=O)N2c1ccc(CN2C(=O)[C@@]3(O[C@@H](CC(=O)N4Cc5ccccc5C[C@H]4CO)[C@H]([Si](C)(C)F)[C@H]3C)c3cc(N4C(=O)C(NCCCCO)Cc5cc(OCC)ccc54)ccc32)cc1. The van der Waals surface area contributed by atoms with Crippen molar-refractivity contribution < 1.29 is 52.8 Å². The Kier molecular flexibility index (Phi) is 17.5. The third-order valence-electron chi connectivity index (χ3n) is 17.0. The van der Waals surface area contributed by atoms with Crippen molar-refractivity contribution in [3.63, 3.8) is 0 Å². The summed E-state index contributed by atoms with van der Waals surface area (Å²) in [4.78, 5) is 66.8. The van der Waals surface area contributed by atoms with Gasteiger partial charge in [-0.05, 0) is 180 Å². The first-order valence-corrected chi connectivity index (χ1v) is 31.9. The van der Waals surface area contributed by atoms with Crippen molar-refractivity contribution >= 4 is 60.5 Å². The molecule has 430 valence electrons. The number of rotatable bonds is 22. The fourth-order valence-electron chi connectivity index (χ4n) is 13.2. The number of halogens is 1. The van der Waals surface area contributed by atoms with Crippen molar-refractivity contribution in [2.75, 3.05) is 60.8 Å². The Balaban J connectivity index is 1.03. The summed E-state index contributed by atoms with van der Waals surface area (Å²) in [6.45, 7) is 11.1. The molecular weight excluding hydrogens is 1050 g/mol. The van der Waals surface area contributed by atoms with Gasteiger partial charge in [-0.1, -0.05) is 43.3 Å². The molecule has 5 N–H and O–H groups in total. The molecule has 1 spiro atoms. The van der Waals surface area contributed by atoms with Gasteiger partial charge in [0.15, 0.2) is 5.60 Å². The minimum atomic E-state index is -3.78. The molecule has 0 aliphatic carbocycles. The van der Waals surface area contributed by atoms with Crippen LogP contribution in [0.15, 0.2) is 103 Å². The molecule has 81 heavy (non-hydrogen) atoms. The van der Waals surface area contributed by atoms with Crippen LogP contribution in [0.1, 0.15) is 86.3 Å². The van der Waals surface area contributed by atoms with Gasteiger partial charge in [0.25, 0.3) is 5.91 Å². The van der Waals surface area contributed by atoms with Crippen LogP contribution in [0.3, 0.4) is 0 Å². The molecule has 4 amide bonds. The van der Waals surface area contributed by atoms with Crippen LogP contribution in [0.2, 0.25) is 18.6 Å². The first kappa shape index (κ1) is 57.7. The van der Waals surface area contributed by atoms with E-state index in [0.29, 0.717) is 111 Å². The van der Waals surface area contributed by atoms with Crippen molar-refractivity contribution in [2.45, 2.75) is 134 Å². The number of hydrogen-bond acceptors (Lipinski definition) is 12. The van der Waals surface area contributed by atoms with Gasteiger partial charge >= 0.3 is 0 Å². The van der Waals surface area contributed by atoms with Crippen molar-refractivity contribution in [3.8, 4) is 11.5 Å². The van der Waals surface area contributed by atoms with E-state index in [1.807, 2.05) is 124 Å². The van der Waals surface area contributed by atoms with E-state index in [9.17, 15) is 29.7 Å². The Bertz CT molecular complexity index is 3120. The largest absolute Gasteiger partial charge is 0.494 e. The van der Waals surface area contributed by atoms with Gasteiger partial charge in [-0.25, -0.2) is 0 Å². The average Bonchev–Trinajstić information content (AvgIpc) is 4.06. The molecule has 0 radical (unpaired) electrons. The highest BCUT2D eigenvalue weighted by molar-refractivity contribution is 6.72. The second-order valence-electron chi connectivity index (χ2n) is 22.6. The van der Waals surface area contributed by atoms with Gasteiger partial charge in [-0.2, -0.15) is 0 Å². The number of nitrogens with one attached hydrogen (secondary N) is 2. The van der Waals surface area contributed by atoms with Crippen LogP contribution in [-0.2, 0) is 61.9 Å². The number of ether oxygens (including phenoxy) is 3. The van der Waals surface area contributed by atoms with Crippen molar-refractivity contribution in [1.82, 2.24) is 15.5 Å². The van der Waals surface area contributed by atoms with E-state index in [1.165, 1.54) is 0 Å². The molecule has 0 bridgehead atoms. The molecule has 5 heterocycles. The Morgan fingerprint density at radius 2 is 1.26 bits per heavy atom. The zero-order valence-electron chi connectivity index (χ0n) is 47.2. The molecule has 1 saturated heterocycles. The molecule has 0 aromatic heterocycles. The summed E-state index contributed by atoms with van der Waals surface area (Å²) >= 11 is 0. The van der Waals surface area contributed by atoms with E-state index in [2.05, 4.69) is 10.6 Å². The fraction of sp³-hybridized carbons (Fsp3) is 0.460. The van der Waals surface area contributed by atoms with Crippen LogP contribution >= 0.6 is 0 Å². The van der Waals surface area contributed by atoms with E-state index in [-0.39, 0.29) is 57.1 Å². The molecule has 10 rings (SSSR count). The highest BCUT2D eigenvalue weighted by Crippen LogP contribution is 2.61. The Morgan fingerprint density at radius 3 is 1.81 bits per heavy atom. The summed E-state index contributed by atoms with van der Waals surface area (Å²) < 4.78 is 36.4. The lowest BCUT2D eigenvalue weighted by Gasteiger charge is -2.37. The number of nitrogens with zero attached hydrogens (tertiary/aromatic N) is 4. The lowest BCUT2D eigenvalue weighted by atomic mass is 9.82. The van der Waals surface area contributed by atoms with Crippen LogP contribution in [0.4, 0.5) is 32.5 Å². The monoisotopic (exact) mass is 1120 g/mol. The van der Waals surface area contributed by atoms with Gasteiger partial charge in [0.05, 0.1) is 74.1 Å². The predicted octanol–water partition coefficient (Wildman–Crippen LogP) is 8.04. The molecule has 0 saturated carbocycles. The van der Waals surface area contributed by atoms with Crippen LogP contribution in [0.5, 0.6) is 11.5 Å². The number of carbonyl (C=O) groups excluding carboxylic acids is 4. The first-order valence-electron chi connectivity index (χ1n) is 28.9. The molecule has 2 unspecified atom stereocenters. The van der Waals surface area contributed by atoms with Gasteiger partial charge < -0.3 is 54.1 Å².